The Hall–Kier alpha value is -1.07. The van der Waals surface area contributed by atoms with E-state index in [4.69, 9.17) is 15.4 Å². The van der Waals surface area contributed by atoms with Gasteiger partial charge in [0.25, 0.3) is 9.05 Å². The molecule has 0 N–H and O–H groups in total. The van der Waals surface area contributed by atoms with Gasteiger partial charge in [-0.25, -0.2) is 13.2 Å². The normalized spacial score (nSPS) is 12.2. The molecule has 0 amide bonds. The van der Waals surface area contributed by atoms with Gasteiger partial charge < -0.3 is 4.74 Å². The second-order valence-electron chi connectivity index (χ2n) is 4.46. The van der Waals surface area contributed by atoms with E-state index >= 15 is 0 Å². The van der Waals surface area contributed by atoms with Crippen LogP contribution in [0.25, 0.3) is 0 Å². The Morgan fingerprint density at radius 1 is 1.18 bits per heavy atom. The summed E-state index contributed by atoms with van der Waals surface area (Å²) >= 11 is 0. The third kappa shape index (κ3) is 4.36. The van der Waals surface area contributed by atoms with Crippen LogP contribution in [0.3, 0.4) is 0 Å². The fourth-order valence-corrected chi connectivity index (χ4v) is 1.86. The van der Waals surface area contributed by atoms with Gasteiger partial charge in [-0.3, -0.25) is 0 Å². The number of esters is 1. The Morgan fingerprint density at radius 3 is 2.00 bits per heavy atom. The van der Waals surface area contributed by atoms with Crippen LogP contribution in [0.5, 0.6) is 0 Å². The van der Waals surface area contributed by atoms with Crippen molar-refractivity contribution >= 4 is 25.7 Å². The maximum Gasteiger partial charge on any atom is 0.338 e. The zero-order chi connectivity index (χ0) is 13.3. The van der Waals surface area contributed by atoms with Crippen LogP contribution in [-0.4, -0.2) is 20.0 Å². The fourth-order valence-electron chi connectivity index (χ4n) is 1.09. The maximum absolute atomic E-state index is 11.6. The zero-order valence-corrected chi connectivity index (χ0v) is 11.3. The minimum Gasteiger partial charge on any atom is -0.456 e. The number of ether oxygens (including phenoxy) is 1. The Balaban J connectivity index is 2.93. The molecule has 1 aromatic carbocycles. The van der Waals surface area contributed by atoms with E-state index in [2.05, 4.69) is 0 Å². The first kappa shape index (κ1) is 14.0. The molecule has 0 saturated carbocycles. The van der Waals surface area contributed by atoms with Gasteiger partial charge in [-0.05, 0) is 45.0 Å². The molecule has 0 saturated heterocycles. The van der Waals surface area contributed by atoms with Crippen molar-refractivity contribution in [2.75, 3.05) is 0 Å². The first-order valence-electron chi connectivity index (χ1n) is 4.88. The fraction of sp³-hybridized carbons (Fsp3) is 0.364. The first-order valence-corrected chi connectivity index (χ1v) is 7.18. The van der Waals surface area contributed by atoms with Gasteiger partial charge in [-0.1, -0.05) is 0 Å². The van der Waals surface area contributed by atoms with Gasteiger partial charge in [-0.2, -0.15) is 0 Å². The van der Waals surface area contributed by atoms with Gasteiger partial charge in [-0.15, -0.1) is 0 Å². The van der Waals surface area contributed by atoms with Crippen LogP contribution in [0.15, 0.2) is 29.2 Å². The van der Waals surface area contributed by atoms with Crippen LogP contribution in [-0.2, 0) is 13.8 Å². The van der Waals surface area contributed by atoms with Gasteiger partial charge in [0.1, 0.15) is 5.60 Å². The molecule has 0 bridgehead atoms. The molecule has 0 heterocycles. The van der Waals surface area contributed by atoms with E-state index in [9.17, 15) is 13.2 Å². The molecule has 1 rings (SSSR count). The van der Waals surface area contributed by atoms with Gasteiger partial charge >= 0.3 is 5.97 Å². The van der Waals surface area contributed by atoms with Crippen LogP contribution in [0.4, 0.5) is 0 Å². The zero-order valence-electron chi connectivity index (χ0n) is 9.73. The maximum atomic E-state index is 11.6. The van der Waals surface area contributed by atoms with Crippen LogP contribution in [0.1, 0.15) is 31.1 Å². The molecule has 0 unspecified atom stereocenters. The van der Waals surface area contributed by atoms with Crippen LogP contribution in [0, 0.1) is 0 Å². The number of carbonyl (C=O) groups excluding carboxylic acids is 1. The van der Waals surface area contributed by atoms with Crippen molar-refractivity contribution in [2.24, 2.45) is 0 Å². The molecular weight excluding hydrogens is 264 g/mol. The van der Waals surface area contributed by atoms with E-state index in [0.717, 1.165) is 0 Å². The standard InChI is InChI=1S/C11H13ClO4S/c1-11(2,3)16-10(13)8-4-6-9(7-5-8)17(12,14)15/h4-7H,1-3H3. The molecule has 0 atom stereocenters. The van der Waals surface area contributed by atoms with Crippen molar-refractivity contribution < 1.29 is 17.9 Å². The summed E-state index contributed by atoms with van der Waals surface area (Å²) in [6, 6.07) is 5.26. The smallest absolute Gasteiger partial charge is 0.338 e. The number of hydrogen-bond donors (Lipinski definition) is 0. The molecule has 0 radical (unpaired) electrons. The quantitative estimate of drug-likeness (QED) is 0.615. The Labute approximate surface area is 105 Å². The van der Waals surface area contributed by atoms with Crippen molar-refractivity contribution in [2.45, 2.75) is 31.3 Å². The minimum atomic E-state index is -3.76. The van der Waals surface area contributed by atoms with Gasteiger partial charge in [0.15, 0.2) is 0 Å². The summed E-state index contributed by atoms with van der Waals surface area (Å²) in [5, 5.41) is 0. The third-order valence-electron chi connectivity index (χ3n) is 1.77. The molecule has 6 heteroatoms. The molecular formula is C11H13ClO4S. The lowest BCUT2D eigenvalue weighted by molar-refractivity contribution is 0.00694. The number of benzene rings is 1. The molecule has 17 heavy (non-hydrogen) atoms. The SMILES string of the molecule is CC(C)(C)OC(=O)c1ccc(S(=O)(=O)Cl)cc1. The van der Waals surface area contributed by atoms with Crippen molar-refractivity contribution in [3.8, 4) is 0 Å². The van der Waals surface area contributed by atoms with Crippen molar-refractivity contribution in [1.82, 2.24) is 0 Å². The summed E-state index contributed by atoms with van der Waals surface area (Å²) in [5.74, 6) is -0.504. The van der Waals surface area contributed by atoms with Gasteiger partial charge in [0.05, 0.1) is 10.5 Å². The summed E-state index contributed by atoms with van der Waals surface area (Å²) in [6.07, 6.45) is 0. The highest BCUT2D eigenvalue weighted by Gasteiger charge is 2.18. The lowest BCUT2D eigenvalue weighted by Gasteiger charge is -2.19. The Kier molecular flexibility index (Phi) is 3.84. The van der Waals surface area contributed by atoms with Crippen LogP contribution >= 0.6 is 10.7 Å². The van der Waals surface area contributed by atoms with E-state index < -0.39 is 20.6 Å². The summed E-state index contributed by atoms with van der Waals surface area (Å²) in [6.45, 7) is 5.26. The monoisotopic (exact) mass is 276 g/mol. The molecule has 0 aliphatic rings. The average molecular weight is 277 g/mol. The lowest BCUT2D eigenvalue weighted by Crippen LogP contribution is -2.23. The summed E-state index contributed by atoms with van der Waals surface area (Å²) < 4.78 is 27.1. The van der Waals surface area contributed by atoms with E-state index in [1.807, 2.05) is 0 Å². The number of hydrogen-bond acceptors (Lipinski definition) is 4. The molecule has 0 fully saturated rings. The molecule has 0 aliphatic heterocycles. The first-order chi connectivity index (χ1) is 7.59. The molecule has 0 aromatic heterocycles. The largest absolute Gasteiger partial charge is 0.456 e. The predicted octanol–water partition coefficient (Wildman–Crippen LogP) is 2.57. The van der Waals surface area contributed by atoms with E-state index in [1.165, 1.54) is 24.3 Å². The van der Waals surface area contributed by atoms with Crippen molar-refractivity contribution in [3.63, 3.8) is 0 Å². The van der Waals surface area contributed by atoms with Gasteiger partial charge in [0, 0.05) is 10.7 Å². The van der Waals surface area contributed by atoms with E-state index in [1.54, 1.807) is 20.8 Å². The van der Waals surface area contributed by atoms with Crippen LogP contribution in [0.2, 0.25) is 0 Å². The molecule has 0 spiro atoms. The van der Waals surface area contributed by atoms with Crippen molar-refractivity contribution in [3.05, 3.63) is 29.8 Å². The Morgan fingerprint density at radius 2 is 1.65 bits per heavy atom. The Bertz CT molecular complexity index is 511. The predicted molar refractivity (Wildman–Crippen MR) is 64.6 cm³/mol. The molecule has 4 nitrogen and oxygen atoms in total. The molecule has 1 aromatic rings. The summed E-state index contributed by atoms with van der Waals surface area (Å²) in [7, 11) is 1.39. The number of halogens is 1. The highest BCUT2D eigenvalue weighted by atomic mass is 35.7. The second-order valence-corrected chi connectivity index (χ2v) is 7.03. The van der Waals surface area contributed by atoms with E-state index in [-0.39, 0.29) is 10.5 Å². The minimum absolute atomic E-state index is 0.0496. The van der Waals surface area contributed by atoms with Crippen molar-refractivity contribution in [1.29, 1.82) is 0 Å². The summed E-state index contributed by atoms with van der Waals surface area (Å²) in [4.78, 5) is 11.6. The lowest BCUT2D eigenvalue weighted by atomic mass is 10.2. The highest BCUT2D eigenvalue weighted by Crippen LogP contribution is 2.17. The summed E-state index contributed by atoms with van der Waals surface area (Å²) in [5.41, 5.74) is -0.307. The van der Waals surface area contributed by atoms with E-state index in [0.29, 0.717) is 0 Å². The number of rotatable bonds is 2. The third-order valence-corrected chi connectivity index (χ3v) is 3.14. The number of carbonyl (C=O) groups is 1. The molecule has 94 valence electrons. The highest BCUT2D eigenvalue weighted by molar-refractivity contribution is 8.13. The molecule has 0 aliphatic carbocycles. The average Bonchev–Trinajstić information content (AvgIpc) is 2.14. The van der Waals surface area contributed by atoms with Crippen LogP contribution < -0.4 is 0 Å². The second kappa shape index (κ2) is 4.66. The van der Waals surface area contributed by atoms with Gasteiger partial charge in [0.2, 0.25) is 0 Å². The topological polar surface area (TPSA) is 60.4 Å².